The SMILES string of the molecule is CCCC(CCO)CNC(=O)c1nn(-c2ccccc2)c(C)cc1=O. The second-order valence-corrected chi connectivity index (χ2v) is 6.12. The summed E-state index contributed by atoms with van der Waals surface area (Å²) in [5.41, 5.74) is 0.945. The van der Waals surface area contributed by atoms with Crippen LogP contribution in [0.2, 0.25) is 0 Å². The number of hydrogen-bond donors (Lipinski definition) is 2. The maximum atomic E-state index is 12.4. The fraction of sp³-hybridized carbons (Fsp3) is 0.421. The minimum atomic E-state index is -0.478. The molecule has 0 aliphatic heterocycles. The Labute approximate surface area is 147 Å². The number of carbonyl (C=O) groups excluding carboxylic acids is 1. The Hall–Kier alpha value is -2.47. The van der Waals surface area contributed by atoms with Gasteiger partial charge in [-0.1, -0.05) is 31.5 Å². The van der Waals surface area contributed by atoms with E-state index < -0.39 is 11.3 Å². The van der Waals surface area contributed by atoms with Crippen LogP contribution in [-0.2, 0) is 0 Å². The molecule has 6 nitrogen and oxygen atoms in total. The van der Waals surface area contributed by atoms with Gasteiger partial charge in [0.05, 0.1) is 5.69 Å². The second-order valence-electron chi connectivity index (χ2n) is 6.12. The maximum absolute atomic E-state index is 12.4. The molecule has 25 heavy (non-hydrogen) atoms. The Morgan fingerprint density at radius 1 is 1.28 bits per heavy atom. The number of benzene rings is 1. The predicted octanol–water partition coefficient (Wildman–Crippen LogP) is 2.07. The van der Waals surface area contributed by atoms with E-state index in [2.05, 4.69) is 17.3 Å². The highest BCUT2D eigenvalue weighted by molar-refractivity contribution is 5.92. The van der Waals surface area contributed by atoms with E-state index in [1.54, 1.807) is 11.6 Å². The third-order valence-electron chi connectivity index (χ3n) is 4.11. The standard InChI is InChI=1S/C19H25N3O3/c1-3-7-15(10-11-23)13-20-19(25)18-17(24)12-14(2)22(21-18)16-8-5-4-6-9-16/h4-6,8-9,12,15,23H,3,7,10-11,13H2,1-2H3,(H,20,25). The summed E-state index contributed by atoms with van der Waals surface area (Å²) in [6.45, 7) is 4.35. The molecule has 0 saturated carbocycles. The lowest BCUT2D eigenvalue weighted by atomic mass is 10.0. The molecule has 0 radical (unpaired) electrons. The molecule has 0 fully saturated rings. The van der Waals surface area contributed by atoms with Crippen LogP contribution in [0.4, 0.5) is 0 Å². The van der Waals surface area contributed by atoms with Gasteiger partial charge in [-0.3, -0.25) is 9.59 Å². The van der Waals surface area contributed by atoms with Crippen LogP contribution in [0.1, 0.15) is 42.4 Å². The summed E-state index contributed by atoms with van der Waals surface area (Å²) < 4.78 is 1.59. The lowest BCUT2D eigenvalue weighted by Crippen LogP contribution is -2.35. The minimum Gasteiger partial charge on any atom is -0.396 e. The molecule has 1 amide bonds. The van der Waals surface area contributed by atoms with Crippen LogP contribution in [-0.4, -0.2) is 33.9 Å². The number of amides is 1. The number of nitrogens with zero attached hydrogens (tertiary/aromatic N) is 2. The first-order valence-corrected chi connectivity index (χ1v) is 8.62. The number of rotatable bonds is 8. The number of nitrogens with one attached hydrogen (secondary N) is 1. The van der Waals surface area contributed by atoms with Crippen molar-refractivity contribution in [3.63, 3.8) is 0 Å². The zero-order chi connectivity index (χ0) is 18.2. The largest absolute Gasteiger partial charge is 0.396 e. The van der Waals surface area contributed by atoms with Crippen LogP contribution in [0.3, 0.4) is 0 Å². The van der Waals surface area contributed by atoms with Crippen LogP contribution in [0, 0.1) is 12.8 Å². The summed E-state index contributed by atoms with van der Waals surface area (Å²) in [5.74, 6) is -0.283. The Morgan fingerprint density at radius 3 is 2.64 bits per heavy atom. The van der Waals surface area contributed by atoms with Gasteiger partial charge >= 0.3 is 0 Å². The van der Waals surface area contributed by atoms with Crippen molar-refractivity contribution in [3.05, 3.63) is 58.0 Å². The molecule has 0 aliphatic rings. The van der Waals surface area contributed by atoms with Gasteiger partial charge in [-0.15, -0.1) is 0 Å². The Balaban J connectivity index is 2.21. The molecule has 2 rings (SSSR count). The molecule has 0 spiro atoms. The molecule has 6 heteroatoms. The smallest absolute Gasteiger partial charge is 0.275 e. The van der Waals surface area contributed by atoms with Crippen molar-refractivity contribution in [1.82, 2.24) is 15.1 Å². The van der Waals surface area contributed by atoms with Gasteiger partial charge in [0.2, 0.25) is 5.43 Å². The van der Waals surface area contributed by atoms with E-state index in [1.807, 2.05) is 30.3 Å². The molecule has 2 N–H and O–H groups in total. The van der Waals surface area contributed by atoms with Crippen molar-refractivity contribution in [2.24, 2.45) is 5.92 Å². The highest BCUT2D eigenvalue weighted by Crippen LogP contribution is 2.10. The first kappa shape index (κ1) is 18.9. The van der Waals surface area contributed by atoms with E-state index in [0.717, 1.165) is 18.5 Å². The average molecular weight is 343 g/mol. The molecule has 1 aromatic heterocycles. The van der Waals surface area contributed by atoms with Crippen LogP contribution >= 0.6 is 0 Å². The number of carbonyl (C=O) groups is 1. The van der Waals surface area contributed by atoms with Crippen molar-refractivity contribution >= 4 is 5.91 Å². The Morgan fingerprint density at radius 2 is 2.00 bits per heavy atom. The number of aryl methyl sites for hydroxylation is 1. The van der Waals surface area contributed by atoms with E-state index in [9.17, 15) is 9.59 Å². The van der Waals surface area contributed by atoms with E-state index in [1.165, 1.54) is 6.07 Å². The molecule has 1 atom stereocenters. The maximum Gasteiger partial charge on any atom is 0.275 e. The number of para-hydroxylation sites is 1. The summed E-state index contributed by atoms with van der Waals surface area (Å²) in [5, 5.41) is 16.1. The van der Waals surface area contributed by atoms with Gasteiger partial charge in [-0.05, 0) is 37.8 Å². The first-order valence-electron chi connectivity index (χ1n) is 8.62. The molecule has 0 aliphatic carbocycles. The number of aromatic nitrogens is 2. The van der Waals surface area contributed by atoms with Gasteiger partial charge in [-0.2, -0.15) is 5.10 Å². The van der Waals surface area contributed by atoms with E-state index >= 15 is 0 Å². The molecule has 1 heterocycles. The predicted molar refractivity (Wildman–Crippen MR) is 97.0 cm³/mol. The van der Waals surface area contributed by atoms with E-state index in [0.29, 0.717) is 18.7 Å². The third kappa shape index (κ3) is 5.00. The van der Waals surface area contributed by atoms with Crippen LogP contribution in [0.25, 0.3) is 5.69 Å². The van der Waals surface area contributed by atoms with Crippen molar-refractivity contribution in [2.75, 3.05) is 13.2 Å². The third-order valence-corrected chi connectivity index (χ3v) is 4.11. The number of hydrogen-bond acceptors (Lipinski definition) is 4. The molecule has 0 bridgehead atoms. The zero-order valence-corrected chi connectivity index (χ0v) is 14.7. The summed E-state index contributed by atoms with van der Waals surface area (Å²) in [6.07, 6.45) is 2.52. The fourth-order valence-corrected chi connectivity index (χ4v) is 2.80. The first-order chi connectivity index (χ1) is 12.1. The van der Waals surface area contributed by atoms with E-state index in [4.69, 9.17) is 5.11 Å². The monoisotopic (exact) mass is 343 g/mol. The van der Waals surface area contributed by atoms with Crippen molar-refractivity contribution in [3.8, 4) is 5.69 Å². The summed E-state index contributed by atoms with van der Waals surface area (Å²) in [4.78, 5) is 24.6. The van der Waals surface area contributed by atoms with Crippen LogP contribution in [0.5, 0.6) is 0 Å². The summed E-state index contributed by atoms with van der Waals surface area (Å²) in [7, 11) is 0. The van der Waals surface area contributed by atoms with Gasteiger partial charge in [0, 0.05) is 24.9 Å². The molecule has 2 aromatic rings. The van der Waals surface area contributed by atoms with Gasteiger partial charge in [-0.25, -0.2) is 4.68 Å². The second kappa shape index (κ2) is 9.13. The van der Waals surface area contributed by atoms with Crippen LogP contribution in [0.15, 0.2) is 41.2 Å². The topological polar surface area (TPSA) is 84.2 Å². The lowest BCUT2D eigenvalue weighted by Gasteiger charge is -2.16. The fourth-order valence-electron chi connectivity index (χ4n) is 2.80. The van der Waals surface area contributed by atoms with Crippen molar-refractivity contribution in [2.45, 2.75) is 33.1 Å². The highest BCUT2D eigenvalue weighted by atomic mass is 16.3. The Bertz CT molecular complexity index is 750. The van der Waals surface area contributed by atoms with Crippen molar-refractivity contribution < 1.29 is 9.90 Å². The Kier molecular flexibility index (Phi) is 6.89. The number of aliphatic hydroxyl groups excluding tert-OH is 1. The van der Waals surface area contributed by atoms with E-state index in [-0.39, 0.29) is 18.2 Å². The normalized spacial score (nSPS) is 12.0. The molecular weight excluding hydrogens is 318 g/mol. The molecule has 0 saturated heterocycles. The van der Waals surface area contributed by atoms with Gasteiger partial charge < -0.3 is 10.4 Å². The average Bonchev–Trinajstić information content (AvgIpc) is 2.60. The highest BCUT2D eigenvalue weighted by Gasteiger charge is 2.16. The molecule has 1 aromatic carbocycles. The molecule has 134 valence electrons. The molecular formula is C19H25N3O3. The van der Waals surface area contributed by atoms with Crippen LogP contribution < -0.4 is 10.7 Å². The van der Waals surface area contributed by atoms with Gasteiger partial charge in [0.25, 0.3) is 5.91 Å². The molecule has 1 unspecified atom stereocenters. The summed E-state index contributed by atoms with van der Waals surface area (Å²) in [6, 6.07) is 10.8. The van der Waals surface area contributed by atoms with Crippen molar-refractivity contribution in [1.29, 1.82) is 0 Å². The van der Waals surface area contributed by atoms with Gasteiger partial charge in [0.15, 0.2) is 5.69 Å². The lowest BCUT2D eigenvalue weighted by molar-refractivity contribution is 0.0935. The quantitative estimate of drug-likeness (QED) is 0.768. The zero-order valence-electron chi connectivity index (χ0n) is 14.7. The minimum absolute atomic E-state index is 0.0874. The van der Waals surface area contributed by atoms with Gasteiger partial charge in [0.1, 0.15) is 0 Å². The number of aliphatic hydroxyl groups is 1. The summed E-state index contributed by atoms with van der Waals surface area (Å²) >= 11 is 0.